The molecule has 0 aliphatic rings. The average molecular weight is 401 g/mol. The molecular formula is C25H23NO4. The number of hydrogen-bond acceptors (Lipinski definition) is 4. The molecule has 4 aromatic rings. The fourth-order valence-corrected chi connectivity index (χ4v) is 3.52. The normalized spacial score (nSPS) is 11.0. The lowest BCUT2D eigenvalue weighted by Crippen LogP contribution is -2.01. The van der Waals surface area contributed by atoms with Crippen molar-refractivity contribution in [3.05, 3.63) is 89.7 Å². The zero-order chi connectivity index (χ0) is 20.9. The Kier molecular flexibility index (Phi) is 5.82. The first kappa shape index (κ1) is 19.7. The Balaban J connectivity index is 1.58. The Hall–Kier alpha value is -3.57. The molecule has 0 saturated carbocycles. The van der Waals surface area contributed by atoms with Gasteiger partial charge in [-0.15, -0.1) is 0 Å². The van der Waals surface area contributed by atoms with Gasteiger partial charge in [0.15, 0.2) is 0 Å². The molecule has 0 bridgehead atoms. The van der Waals surface area contributed by atoms with Crippen molar-refractivity contribution < 1.29 is 19.1 Å². The molecule has 0 radical (unpaired) electrons. The number of carbonyl (C=O) groups is 1. The van der Waals surface area contributed by atoms with Gasteiger partial charge in [0.25, 0.3) is 0 Å². The molecule has 0 aliphatic carbocycles. The molecule has 1 heterocycles. The van der Waals surface area contributed by atoms with Gasteiger partial charge in [0, 0.05) is 23.9 Å². The van der Waals surface area contributed by atoms with Gasteiger partial charge in [-0.2, -0.15) is 0 Å². The molecule has 5 nitrogen and oxygen atoms in total. The molecule has 4 rings (SSSR count). The van der Waals surface area contributed by atoms with E-state index in [4.69, 9.17) is 20.0 Å². The maximum atomic E-state index is 10.9. The van der Waals surface area contributed by atoms with Crippen LogP contribution in [0, 0.1) is 0 Å². The van der Waals surface area contributed by atoms with Gasteiger partial charge in [-0.25, -0.2) is 0 Å². The molecule has 5 heteroatoms. The molecule has 3 aromatic carbocycles. The van der Waals surface area contributed by atoms with Gasteiger partial charge in [-0.1, -0.05) is 54.6 Å². The molecule has 0 fully saturated rings. The quantitative estimate of drug-likeness (QED) is 0.426. The van der Waals surface area contributed by atoms with Crippen LogP contribution in [0.25, 0.3) is 22.1 Å². The Morgan fingerprint density at radius 1 is 1.00 bits per heavy atom. The number of carboxylic acids is 1. The summed E-state index contributed by atoms with van der Waals surface area (Å²) >= 11 is 0. The van der Waals surface area contributed by atoms with Crippen LogP contribution in [0.15, 0.2) is 77.2 Å². The summed E-state index contributed by atoms with van der Waals surface area (Å²) in [5.41, 5.74) is 10.6. The highest BCUT2D eigenvalue weighted by Gasteiger charge is 2.12. The second kappa shape index (κ2) is 8.84. The van der Waals surface area contributed by atoms with Crippen molar-refractivity contribution >= 4 is 16.9 Å². The minimum atomic E-state index is -0.826. The number of benzene rings is 3. The number of para-hydroxylation sites is 2. The molecule has 3 N–H and O–H groups in total. The van der Waals surface area contributed by atoms with Crippen molar-refractivity contribution in [3.8, 4) is 16.9 Å². The van der Waals surface area contributed by atoms with Crippen molar-refractivity contribution in [1.29, 1.82) is 0 Å². The number of rotatable bonds is 8. The van der Waals surface area contributed by atoms with Crippen LogP contribution < -0.4 is 10.5 Å². The van der Waals surface area contributed by atoms with E-state index in [0.29, 0.717) is 24.5 Å². The van der Waals surface area contributed by atoms with E-state index >= 15 is 0 Å². The molecule has 0 unspecified atom stereocenters. The molecule has 0 aliphatic heterocycles. The van der Waals surface area contributed by atoms with Crippen LogP contribution in [0.4, 0.5) is 0 Å². The number of furan rings is 1. The number of nitrogens with two attached hydrogens (primary N) is 1. The van der Waals surface area contributed by atoms with Gasteiger partial charge in [-0.3, -0.25) is 4.79 Å². The Bertz CT molecular complexity index is 1180. The average Bonchev–Trinajstić information content (AvgIpc) is 3.20. The predicted octanol–water partition coefficient (Wildman–Crippen LogP) is 5.15. The van der Waals surface area contributed by atoms with Crippen molar-refractivity contribution in [2.45, 2.75) is 26.0 Å². The first-order chi connectivity index (χ1) is 14.6. The van der Waals surface area contributed by atoms with Gasteiger partial charge in [0.1, 0.15) is 23.7 Å². The van der Waals surface area contributed by atoms with E-state index in [0.717, 1.165) is 33.2 Å². The molecule has 0 atom stereocenters. The topological polar surface area (TPSA) is 85.7 Å². The monoisotopic (exact) mass is 401 g/mol. The zero-order valence-corrected chi connectivity index (χ0v) is 16.5. The highest BCUT2D eigenvalue weighted by atomic mass is 16.5. The van der Waals surface area contributed by atoms with E-state index in [9.17, 15) is 4.79 Å². The predicted molar refractivity (Wildman–Crippen MR) is 116 cm³/mol. The number of aliphatic carboxylic acids is 1. The van der Waals surface area contributed by atoms with Crippen molar-refractivity contribution in [2.75, 3.05) is 0 Å². The summed E-state index contributed by atoms with van der Waals surface area (Å²) in [6.07, 6.45) is 0.490. The summed E-state index contributed by atoms with van der Waals surface area (Å²) in [5, 5.41) is 9.95. The molecule has 30 heavy (non-hydrogen) atoms. The number of ether oxygens (including phenoxy) is 1. The third-order valence-electron chi connectivity index (χ3n) is 5.02. The number of fused-ring (bicyclic) bond motifs is 1. The Labute approximate surface area is 174 Å². The molecule has 0 spiro atoms. The molecule has 152 valence electrons. The summed E-state index contributed by atoms with van der Waals surface area (Å²) in [7, 11) is 0. The second-order valence-electron chi connectivity index (χ2n) is 7.13. The van der Waals surface area contributed by atoms with E-state index in [1.807, 2.05) is 66.7 Å². The fraction of sp³-hybridized carbons (Fsp3) is 0.160. The summed E-state index contributed by atoms with van der Waals surface area (Å²) in [6.45, 7) is 0.753. The third kappa shape index (κ3) is 4.36. The first-order valence-electron chi connectivity index (χ1n) is 9.87. The minimum Gasteiger partial charge on any atom is -0.485 e. The summed E-state index contributed by atoms with van der Waals surface area (Å²) in [4.78, 5) is 10.9. The van der Waals surface area contributed by atoms with E-state index < -0.39 is 5.97 Å². The minimum absolute atomic E-state index is 0.0657. The third-order valence-corrected chi connectivity index (χ3v) is 5.02. The highest BCUT2D eigenvalue weighted by Crippen LogP contribution is 2.32. The van der Waals surface area contributed by atoms with Gasteiger partial charge >= 0.3 is 5.97 Å². The lowest BCUT2D eigenvalue weighted by molar-refractivity contribution is -0.136. The summed E-state index contributed by atoms with van der Waals surface area (Å²) < 4.78 is 12.1. The van der Waals surface area contributed by atoms with E-state index in [2.05, 4.69) is 6.07 Å². The first-order valence-corrected chi connectivity index (χ1v) is 9.87. The maximum Gasteiger partial charge on any atom is 0.303 e. The number of carboxylic acid groups (broad SMARTS) is 1. The van der Waals surface area contributed by atoms with Crippen LogP contribution in [0.1, 0.15) is 23.3 Å². The smallest absolute Gasteiger partial charge is 0.303 e. The number of aryl methyl sites for hydroxylation is 1. The number of hydrogen-bond donors (Lipinski definition) is 2. The van der Waals surface area contributed by atoms with Crippen molar-refractivity contribution in [2.24, 2.45) is 5.73 Å². The van der Waals surface area contributed by atoms with Crippen molar-refractivity contribution in [3.63, 3.8) is 0 Å². The molecule has 0 amide bonds. The van der Waals surface area contributed by atoms with Crippen LogP contribution in [-0.4, -0.2) is 11.1 Å². The molecular weight excluding hydrogens is 378 g/mol. The second-order valence-corrected chi connectivity index (χ2v) is 7.13. The Morgan fingerprint density at radius 2 is 1.83 bits per heavy atom. The fourth-order valence-electron chi connectivity index (χ4n) is 3.52. The van der Waals surface area contributed by atoms with Crippen LogP contribution in [0.2, 0.25) is 0 Å². The van der Waals surface area contributed by atoms with Gasteiger partial charge in [0.05, 0.1) is 0 Å². The highest BCUT2D eigenvalue weighted by molar-refractivity contribution is 5.92. The van der Waals surface area contributed by atoms with Crippen LogP contribution in [-0.2, 0) is 24.4 Å². The SMILES string of the molecule is NCc1cccc(-c2cccc3cc(COc4ccccc4CCC(=O)O)oc23)c1. The lowest BCUT2D eigenvalue weighted by atomic mass is 10.0. The van der Waals surface area contributed by atoms with Crippen molar-refractivity contribution in [1.82, 2.24) is 0 Å². The summed E-state index contributed by atoms with van der Waals surface area (Å²) in [5.74, 6) is 0.559. The van der Waals surface area contributed by atoms with Gasteiger partial charge < -0.3 is 20.0 Å². The molecule has 0 saturated heterocycles. The summed E-state index contributed by atoms with van der Waals surface area (Å²) in [6, 6.07) is 23.7. The van der Waals surface area contributed by atoms with Gasteiger partial charge in [0.2, 0.25) is 0 Å². The maximum absolute atomic E-state index is 10.9. The van der Waals surface area contributed by atoms with Crippen LogP contribution in [0.3, 0.4) is 0 Å². The Morgan fingerprint density at radius 3 is 2.67 bits per heavy atom. The van der Waals surface area contributed by atoms with E-state index in [-0.39, 0.29) is 13.0 Å². The lowest BCUT2D eigenvalue weighted by Gasteiger charge is -2.09. The van der Waals surface area contributed by atoms with Crippen LogP contribution >= 0.6 is 0 Å². The van der Waals surface area contributed by atoms with Gasteiger partial charge in [-0.05, 0) is 41.3 Å². The molecule has 1 aromatic heterocycles. The van der Waals surface area contributed by atoms with E-state index in [1.54, 1.807) is 0 Å². The van der Waals surface area contributed by atoms with E-state index in [1.165, 1.54) is 0 Å². The largest absolute Gasteiger partial charge is 0.485 e. The standard InChI is InChI=1S/C25H23NO4/c26-15-17-5-3-7-19(13-17)22-9-4-8-20-14-21(30-25(20)22)16-29-23-10-2-1-6-18(23)11-12-24(27)28/h1-10,13-14H,11-12,15-16,26H2,(H,27,28). The zero-order valence-electron chi connectivity index (χ0n) is 16.5. The van der Waals surface area contributed by atoms with Crippen LogP contribution in [0.5, 0.6) is 5.75 Å².